The van der Waals surface area contributed by atoms with Crippen LogP contribution in [0.1, 0.15) is 23.2 Å². The van der Waals surface area contributed by atoms with E-state index in [0.717, 1.165) is 17.7 Å². The van der Waals surface area contributed by atoms with Gasteiger partial charge in [-0.3, -0.25) is 10.1 Å². The van der Waals surface area contributed by atoms with E-state index in [4.69, 9.17) is 4.74 Å². The zero-order valence-electron chi connectivity index (χ0n) is 13.5. The molecule has 0 unspecified atom stereocenters. The number of carbonyl (C=O) groups is 2. The van der Waals surface area contributed by atoms with E-state index in [-0.39, 0.29) is 0 Å². The highest BCUT2D eigenvalue weighted by Crippen LogP contribution is 2.19. The monoisotopic (exact) mass is 356 g/mol. The van der Waals surface area contributed by atoms with Crippen molar-refractivity contribution in [2.45, 2.75) is 12.8 Å². The van der Waals surface area contributed by atoms with Crippen molar-refractivity contribution < 1.29 is 14.3 Å². The molecular weight excluding hydrogens is 340 g/mol. The Morgan fingerprint density at radius 1 is 1.24 bits per heavy atom. The Balaban J connectivity index is 1.63. The third-order valence-electron chi connectivity index (χ3n) is 3.65. The number of ether oxygens (including phenoxy) is 1. The number of allylic oxidation sites excluding steroid dienone is 3. The van der Waals surface area contributed by atoms with E-state index in [9.17, 15) is 9.59 Å². The maximum atomic E-state index is 12.2. The number of hydrogen-bond acceptors (Lipinski definition) is 6. The van der Waals surface area contributed by atoms with Crippen LogP contribution in [-0.2, 0) is 4.74 Å². The van der Waals surface area contributed by atoms with Gasteiger partial charge in [0.15, 0.2) is 0 Å². The number of hydrogen-bond donors (Lipinski definition) is 2. The summed E-state index contributed by atoms with van der Waals surface area (Å²) in [7, 11) is 1.55. The number of urea groups is 1. The van der Waals surface area contributed by atoms with Crippen LogP contribution in [-0.4, -0.2) is 28.6 Å². The fourth-order valence-electron chi connectivity index (χ4n) is 2.38. The number of nitrogens with zero attached hydrogens (tertiary/aromatic N) is 2. The normalized spacial score (nSPS) is 13.5. The molecule has 1 aliphatic carbocycles. The number of rotatable bonds is 4. The number of methoxy groups -OCH3 is 1. The summed E-state index contributed by atoms with van der Waals surface area (Å²) >= 11 is 1.26. The lowest BCUT2D eigenvalue weighted by Crippen LogP contribution is -2.39. The van der Waals surface area contributed by atoms with Crippen molar-refractivity contribution in [2.24, 2.45) is 0 Å². The molecule has 0 fully saturated rings. The van der Waals surface area contributed by atoms with Gasteiger partial charge >= 0.3 is 6.03 Å². The lowest BCUT2D eigenvalue weighted by Gasteiger charge is -2.15. The molecule has 7 nitrogen and oxygen atoms in total. The van der Waals surface area contributed by atoms with Gasteiger partial charge in [-0.2, -0.15) is 0 Å². The summed E-state index contributed by atoms with van der Waals surface area (Å²) in [6.45, 7) is 0. The zero-order valence-corrected chi connectivity index (χ0v) is 14.3. The molecule has 1 heterocycles. The van der Waals surface area contributed by atoms with Gasteiger partial charge in [0.2, 0.25) is 0 Å². The second-order valence-electron chi connectivity index (χ2n) is 5.26. The number of carbonyl (C=O) groups excluding carboxylic acids is 2. The van der Waals surface area contributed by atoms with Crippen LogP contribution in [0.4, 0.5) is 4.79 Å². The van der Waals surface area contributed by atoms with Gasteiger partial charge in [-0.05, 0) is 36.2 Å². The summed E-state index contributed by atoms with van der Waals surface area (Å²) < 4.78 is 9.04. The Bertz CT molecular complexity index is 826. The quantitative estimate of drug-likeness (QED) is 0.879. The third-order valence-corrected chi connectivity index (χ3v) is 4.15. The van der Waals surface area contributed by atoms with Crippen LogP contribution < -0.4 is 10.6 Å². The summed E-state index contributed by atoms with van der Waals surface area (Å²) in [6, 6.07) is 6.20. The fraction of sp³-hybridized carbons (Fsp3) is 0.176. The van der Waals surface area contributed by atoms with E-state index in [2.05, 4.69) is 20.2 Å². The summed E-state index contributed by atoms with van der Waals surface area (Å²) in [5, 5.41) is 10.7. The maximum Gasteiger partial charge on any atom is 0.326 e. The average Bonchev–Trinajstić information content (AvgIpc) is 3.17. The molecule has 8 heteroatoms. The van der Waals surface area contributed by atoms with Gasteiger partial charge in [0.05, 0.1) is 12.8 Å². The summed E-state index contributed by atoms with van der Waals surface area (Å²) in [5.41, 5.74) is 2.54. The van der Waals surface area contributed by atoms with Gasteiger partial charge in [0.1, 0.15) is 11.5 Å². The number of nitrogens with one attached hydrogen (secondary N) is 2. The molecule has 2 aromatic rings. The van der Waals surface area contributed by atoms with Crippen molar-refractivity contribution in [3.05, 3.63) is 58.8 Å². The Morgan fingerprint density at radius 3 is 2.72 bits per heavy atom. The van der Waals surface area contributed by atoms with Gasteiger partial charge in [0, 0.05) is 22.9 Å². The molecule has 0 saturated heterocycles. The van der Waals surface area contributed by atoms with Crippen molar-refractivity contribution in [2.75, 3.05) is 7.11 Å². The highest BCUT2D eigenvalue weighted by atomic mass is 32.1. The second-order valence-corrected chi connectivity index (χ2v) is 5.87. The topological polar surface area (TPSA) is 93.2 Å². The minimum Gasteiger partial charge on any atom is -0.499 e. The molecule has 3 rings (SSSR count). The first-order chi connectivity index (χ1) is 12.2. The third kappa shape index (κ3) is 4.10. The Morgan fingerprint density at radius 2 is 2.04 bits per heavy atom. The lowest BCUT2D eigenvalue weighted by atomic mass is 10.1. The highest BCUT2D eigenvalue weighted by Gasteiger charge is 2.15. The molecule has 0 atom stereocenters. The van der Waals surface area contributed by atoms with Crippen LogP contribution in [0.3, 0.4) is 0 Å². The highest BCUT2D eigenvalue weighted by molar-refractivity contribution is 7.03. The summed E-state index contributed by atoms with van der Waals surface area (Å²) in [5.74, 6) is 0.200. The van der Waals surface area contributed by atoms with Crippen LogP contribution in [0.15, 0.2) is 53.3 Å². The van der Waals surface area contributed by atoms with Crippen molar-refractivity contribution in [3.8, 4) is 11.3 Å². The van der Waals surface area contributed by atoms with E-state index in [1.807, 2.05) is 11.5 Å². The first kappa shape index (κ1) is 16.8. The van der Waals surface area contributed by atoms with Crippen LogP contribution >= 0.6 is 11.5 Å². The molecule has 1 aromatic heterocycles. The van der Waals surface area contributed by atoms with E-state index in [1.54, 1.807) is 37.5 Å². The predicted molar refractivity (Wildman–Crippen MR) is 93.8 cm³/mol. The van der Waals surface area contributed by atoms with E-state index in [0.29, 0.717) is 23.4 Å². The average molecular weight is 356 g/mol. The number of benzene rings is 1. The molecule has 0 spiro atoms. The molecule has 25 heavy (non-hydrogen) atoms. The summed E-state index contributed by atoms with van der Waals surface area (Å²) in [6.07, 6.45) is 5.27. The van der Waals surface area contributed by atoms with Gasteiger partial charge in [-0.25, -0.2) is 4.79 Å². The van der Waals surface area contributed by atoms with Gasteiger partial charge in [-0.15, -0.1) is 5.10 Å². The smallest absolute Gasteiger partial charge is 0.326 e. The summed E-state index contributed by atoms with van der Waals surface area (Å²) in [4.78, 5) is 24.2. The van der Waals surface area contributed by atoms with E-state index >= 15 is 0 Å². The maximum absolute atomic E-state index is 12.2. The molecule has 0 bridgehead atoms. The van der Waals surface area contributed by atoms with Crippen molar-refractivity contribution in [1.29, 1.82) is 0 Å². The van der Waals surface area contributed by atoms with Crippen molar-refractivity contribution >= 4 is 23.5 Å². The molecule has 128 valence electrons. The first-order valence-corrected chi connectivity index (χ1v) is 8.44. The van der Waals surface area contributed by atoms with Gasteiger partial charge in [-0.1, -0.05) is 22.7 Å². The fourth-order valence-corrected chi connectivity index (χ4v) is 2.84. The Kier molecular flexibility index (Phi) is 5.20. The minimum absolute atomic E-state index is 0.377. The van der Waals surface area contributed by atoms with E-state index in [1.165, 1.54) is 11.5 Å². The van der Waals surface area contributed by atoms with Crippen LogP contribution in [0.5, 0.6) is 0 Å². The van der Waals surface area contributed by atoms with Crippen molar-refractivity contribution in [3.63, 3.8) is 0 Å². The molecule has 0 aliphatic heterocycles. The molecule has 1 aliphatic rings. The molecule has 0 radical (unpaired) electrons. The van der Waals surface area contributed by atoms with Gasteiger partial charge < -0.3 is 10.1 Å². The Labute approximate surface area is 148 Å². The minimum atomic E-state index is -0.603. The number of aromatic nitrogens is 2. The van der Waals surface area contributed by atoms with Crippen molar-refractivity contribution in [1.82, 2.24) is 20.2 Å². The Hall–Kier alpha value is -3.00. The largest absolute Gasteiger partial charge is 0.499 e. The first-order valence-electron chi connectivity index (χ1n) is 7.61. The van der Waals surface area contributed by atoms with Gasteiger partial charge in [0.25, 0.3) is 5.91 Å². The molecule has 2 N–H and O–H groups in total. The number of amides is 3. The zero-order chi connectivity index (χ0) is 17.6. The van der Waals surface area contributed by atoms with E-state index < -0.39 is 11.9 Å². The SMILES string of the molecule is COC1=C(NC(=O)NC(=O)c2ccc(-c3csnn3)cc2)C=CCC1. The molecule has 3 amide bonds. The molecular formula is C17H16N4O3S. The standard InChI is InChI=1S/C17H16N4O3S/c1-24-15-5-3-2-4-13(15)18-17(23)19-16(22)12-8-6-11(7-9-12)14-10-25-21-20-14/h2,4,6-10H,3,5H2,1H3,(H2,18,19,22,23). The second kappa shape index (κ2) is 7.71. The van der Waals surface area contributed by atoms with Crippen LogP contribution in [0, 0.1) is 0 Å². The molecule has 0 saturated carbocycles. The number of imide groups is 1. The lowest BCUT2D eigenvalue weighted by molar-refractivity contribution is 0.0964. The van der Waals surface area contributed by atoms with Crippen LogP contribution in [0.25, 0.3) is 11.3 Å². The van der Waals surface area contributed by atoms with Crippen LogP contribution in [0.2, 0.25) is 0 Å². The predicted octanol–water partition coefficient (Wildman–Crippen LogP) is 2.85. The molecule has 1 aromatic carbocycles.